The normalized spacial score (nSPS) is 16.3. The number of nitrogens with zero attached hydrogens (tertiary/aromatic N) is 1. The molecule has 1 aliphatic rings. The number of carbonyl (C=O) groups is 1. The molecule has 0 unspecified atom stereocenters. The molecule has 1 aliphatic heterocycles. The average Bonchev–Trinajstić information content (AvgIpc) is 3.01. The Bertz CT molecular complexity index is 1090. The Morgan fingerprint density at radius 1 is 0.967 bits per heavy atom. The lowest BCUT2D eigenvalue weighted by molar-refractivity contribution is -0.130. The molecule has 1 atom stereocenters. The lowest BCUT2D eigenvalue weighted by Crippen LogP contribution is -2.29. The molecule has 3 aromatic rings. The number of benzene rings is 3. The van der Waals surface area contributed by atoms with Crippen molar-refractivity contribution in [2.24, 2.45) is 0 Å². The lowest BCUT2D eigenvalue weighted by Gasteiger charge is -2.27. The van der Waals surface area contributed by atoms with Gasteiger partial charge in [0, 0.05) is 17.1 Å². The molecule has 1 heterocycles. The number of halogens is 1. The molecule has 0 saturated heterocycles. The highest BCUT2D eigenvalue weighted by molar-refractivity contribution is 6.30. The molecule has 0 aromatic heterocycles. The highest BCUT2D eigenvalue weighted by Gasteiger charge is 2.40. The molecule has 152 valence electrons. The van der Waals surface area contributed by atoms with Gasteiger partial charge in [-0.3, -0.25) is 4.79 Å². The van der Waals surface area contributed by atoms with Gasteiger partial charge < -0.3 is 14.7 Å². The maximum atomic E-state index is 13.1. The summed E-state index contributed by atoms with van der Waals surface area (Å²) in [5.41, 5.74) is 4.39. The third-order valence-corrected chi connectivity index (χ3v) is 5.62. The quantitative estimate of drug-likeness (QED) is 0.576. The van der Waals surface area contributed by atoms with E-state index in [0.717, 1.165) is 22.3 Å². The Balaban J connectivity index is 1.79. The standard InChI is InChI=1S/C25H22ClNO3/c1-16-3-5-17(6-4-16)15-27-23(19-7-11-20(26)12-8-19)22(24(28)25(27)29)18-9-13-21(30-2)14-10-18/h3-14,23,28H,15H2,1-2H3/t23-/m1/s1. The molecule has 0 fully saturated rings. The zero-order valence-corrected chi connectivity index (χ0v) is 17.6. The van der Waals surface area contributed by atoms with Gasteiger partial charge in [0.05, 0.1) is 13.2 Å². The van der Waals surface area contributed by atoms with Gasteiger partial charge in [0.1, 0.15) is 5.75 Å². The van der Waals surface area contributed by atoms with Gasteiger partial charge in [0.25, 0.3) is 5.91 Å². The van der Waals surface area contributed by atoms with Crippen molar-refractivity contribution in [3.05, 3.63) is 106 Å². The van der Waals surface area contributed by atoms with Crippen LogP contribution in [0.2, 0.25) is 5.02 Å². The van der Waals surface area contributed by atoms with Crippen LogP contribution in [0.5, 0.6) is 5.75 Å². The summed E-state index contributed by atoms with van der Waals surface area (Å²) < 4.78 is 5.24. The fourth-order valence-corrected chi connectivity index (χ4v) is 3.89. The second-order valence-corrected chi connectivity index (χ2v) is 7.80. The van der Waals surface area contributed by atoms with E-state index in [9.17, 15) is 9.90 Å². The number of ether oxygens (including phenoxy) is 1. The van der Waals surface area contributed by atoms with E-state index in [1.165, 1.54) is 0 Å². The summed E-state index contributed by atoms with van der Waals surface area (Å²) in [5.74, 6) is 0.0938. The van der Waals surface area contributed by atoms with Crippen LogP contribution in [0.3, 0.4) is 0 Å². The molecule has 3 aromatic carbocycles. The molecule has 5 heteroatoms. The second-order valence-electron chi connectivity index (χ2n) is 7.36. The molecule has 0 saturated carbocycles. The maximum absolute atomic E-state index is 13.1. The molecule has 0 aliphatic carbocycles. The number of hydrogen-bond donors (Lipinski definition) is 1. The molecular formula is C25H22ClNO3. The third-order valence-electron chi connectivity index (χ3n) is 5.36. The van der Waals surface area contributed by atoms with Crippen molar-refractivity contribution >= 4 is 23.1 Å². The van der Waals surface area contributed by atoms with E-state index in [-0.39, 0.29) is 11.7 Å². The number of aliphatic hydroxyl groups is 1. The van der Waals surface area contributed by atoms with E-state index >= 15 is 0 Å². The first-order valence-electron chi connectivity index (χ1n) is 9.67. The van der Waals surface area contributed by atoms with Crippen LogP contribution in [-0.4, -0.2) is 23.0 Å². The summed E-state index contributed by atoms with van der Waals surface area (Å²) in [6, 6.07) is 22.4. The monoisotopic (exact) mass is 419 g/mol. The first-order valence-corrected chi connectivity index (χ1v) is 10.1. The predicted molar refractivity (Wildman–Crippen MR) is 118 cm³/mol. The molecule has 0 spiro atoms. The van der Waals surface area contributed by atoms with Crippen molar-refractivity contribution in [2.75, 3.05) is 7.11 Å². The van der Waals surface area contributed by atoms with E-state index < -0.39 is 6.04 Å². The van der Waals surface area contributed by atoms with Crippen LogP contribution in [0.15, 0.2) is 78.6 Å². The Morgan fingerprint density at radius 2 is 1.60 bits per heavy atom. The highest BCUT2D eigenvalue weighted by atomic mass is 35.5. The van der Waals surface area contributed by atoms with Crippen LogP contribution in [0, 0.1) is 6.92 Å². The number of rotatable bonds is 5. The fraction of sp³-hybridized carbons (Fsp3) is 0.160. The van der Waals surface area contributed by atoms with Gasteiger partial charge in [-0.05, 0) is 47.9 Å². The van der Waals surface area contributed by atoms with Gasteiger partial charge in [0.15, 0.2) is 5.76 Å². The van der Waals surface area contributed by atoms with Gasteiger partial charge in [-0.25, -0.2) is 0 Å². The van der Waals surface area contributed by atoms with Crippen molar-refractivity contribution in [1.82, 2.24) is 4.90 Å². The van der Waals surface area contributed by atoms with E-state index in [1.807, 2.05) is 67.6 Å². The molecular weight excluding hydrogens is 398 g/mol. The van der Waals surface area contributed by atoms with Gasteiger partial charge in [-0.15, -0.1) is 0 Å². The van der Waals surface area contributed by atoms with Crippen molar-refractivity contribution in [3.63, 3.8) is 0 Å². The van der Waals surface area contributed by atoms with Gasteiger partial charge >= 0.3 is 0 Å². The Kier molecular flexibility index (Phi) is 5.51. The molecule has 0 radical (unpaired) electrons. The molecule has 4 rings (SSSR count). The zero-order valence-electron chi connectivity index (χ0n) is 16.8. The highest BCUT2D eigenvalue weighted by Crippen LogP contribution is 2.44. The van der Waals surface area contributed by atoms with Gasteiger partial charge in [-0.1, -0.05) is 65.7 Å². The maximum Gasteiger partial charge on any atom is 0.290 e. The lowest BCUT2D eigenvalue weighted by atomic mass is 9.93. The van der Waals surface area contributed by atoms with Crippen molar-refractivity contribution in [1.29, 1.82) is 0 Å². The van der Waals surface area contributed by atoms with Crippen LogP contribution in [0.4, 0.5) is 0 Å². The summed E-state index contributed by atoms with van der Waals surface area (Å²) in [6.45, 7) is 2.41. The van der Waals surface area contributed by atoms with Gasteiger partial charge in [0.2, 0.25) is 0 Å². The topological polar surface area (TPSA) is 49.8 Å². The molecule has 1 amide bonds. The zero-order chi connectivity index (χ0) is 21.3. The predicted octanol–water partition coefficient (Wildman–Crippen LogP) is 5.71. The summed E-state index contributed by atoms with van der Waals surface area (Å²) >= 11 is 6.09. The number of methoxy groups -OCH3 is 1. The minimum Gasteiger partial charge on any atom is -0.503 e. The van der Waals surface area contributed by atoms with E-state index in [2.05, 4.69) is 0 Å². The number of aliphatic hydroxyl groups excluding tert-OH is 1. The minimum absolute atomic E-state index is 0.229. The largest absolute Gasteiger partial charge is 0.503 e. The third kappa shape index (κ3) is 3.79. The van der Waals surface area contributed by atoms with Crippen molar-refractivity contribution < 1.29 is 14.6 Å². The molecule has 4 nitrogen and oxygen atoms in total. The number of carbonyl (C=O) groups excluding carboxylic acids is 1. The molecule has 0 bridgehead atoms. The van der Waals surface area contributed by atoms with E-state index in [4.69, 9.17) is 16.3 Å². The molecule has 30 heavy (non-hydrogen) atoms. The number of hydrogen-bond acceptors (Lipinski definition) is 3. The summed E-state index contributed by atoms with van der Waals surface area (Å²) in [6.07, 6.45) is 0. The Morgan fingerprint density at radius 3 is 2.20 bits per heavy atom. The summed E-state index contributed by atoms with van der Waals surface area (Å²) in [7, 11) is 1.60. The molecule has 1 N–H and O–H groups in total. The number of aryl methyl sites for hydroxylation is 1. The Hall–Kier alpha value is -3.24. The smallest absolute Gasteiger partial charge is 0.290 e. The van der Waals surface area contributed by atoms with Crippen LogP contribution in [0.25, 0.3) is 5.57 Å². The Labute approximate surface area is 181 Å². The summed E-state index contributed by atoms with van der Waals surface area (Å²) in [5, 5.41) is 11.5. The second kappa shape index (κ2) is 8.25. The fourth-order valence-electron chi connectivity index (χ4n) is 3.76. The van der Waals surface area contributed by atoms with Crippen molar-refractivity contribution in [3.8, 4) is 5.75 Å². The first kappa shape index (κ1) is 20.0. The van der Waals surface area contributed by atoms with E-state index in [1.54, 1.807) is 24.1 Å². The number of amides is 1. The van der Waals surface area contributed by atoms with Crippen LogP contribution in [-0.2, 0) is 11.3 Å². The van der Waals surface area contributed by atoms with E-state index in [0.29, 0.717) is 22.9 Å². The van der Waals surface area contributed by atoms with Crippen molar-refractivity contribution in [2.45, 2.75) is 19.5 Å². The average molecular weight is 420 g/mol. The van der Waals surface area contributed by atoms with Gasteiger partial charge in [-0.2, -0.15) is 0 Å². The van der Waals surface area contributed by atoms with Crippen LogP contribution >= 0.6 is 11.6 Å². The minimum atomic E-state index is -0.426. The van der Waals surface area contributed by atoms with Crippen LogP contribution in [0.1, 0.15) is 28.3 Å². The SMILES string of the molecule is COc1ccc(C2=C(O)C(=O)N(Cc3ccc(C)cc3)[C@@H]2c2ccc(Cl)cc2)cc1. The summed E-state index contributed by atoms with van der Waals surface area (Å²) in [4.78, 5) is 14.8. The first-order chi connectivity index (χ1) is 14.5. The van der Waals surface area contributed by atoms with Crippen LogP contribution < -0.4 is 4.74 Å².